The lowest BCUT2D eigenvalue weighted by Gasteiger charge is -2.32. The zero-order valence-electron chi connectivity index (χ0n) is 13.0. The van der Waals surface area contributed by atoms with Crippen molar-refractivity contribution in [2.45, 2.75) is 71.6 Å². The first kappa shape index (κ1) is 14.9. The van der Waals surface area contributed by atoms with Gasteiger partial charge in [0, 0.05) is 2.85 Å². The van der Waals surface area contributed by atoms with Crippen molar-refractivity contribution in [3.8, 4) is 0 Å². The van der Waals surface area contributed by atoms with Gasteiger partial charge >= 0.3 is 0 Å². The molecular formula is C19H36. The zero-order chi connectivity index (χ0) is 13.5. The van der Waals surface area contributed by atoms with Crippen LogP contribution in [-0.2, 0) is 0 Å². The van der Waals surface area contributed by atoms with Crippen molar-refractivity contribution in [3.63, 3.8) is 0 Å². The molecule has 0 heteroatoms. The molecular weight excluding hydrogens is 228 g/mol. The van der Waals surface area contributed by atoms with Gasteiger partial charge in [0.15, 0.2) is 0 Å². The maximum atomic E-state index is 2.45. The topological polar surface area (TPSA) is 0 Å². The summed E-state index contributed by atoms with van der Waals surface area (Å²) in [7, 11) is 0. The minimum absolute atomic E-state index is 0. The van der Waals surface area contributed by atoms with Crippen LogP contribution < -0.4 is 0 Å². The van der Waals surface area contributed by atoms with Crippen molar-refractivity contribution < 1.29 is 2.85 Å². The Hall–Kier alpha value is -0.520. The van der Waals surface area contributed by atoms with Gasteiger partial charge < -0.3 is 0 Å². The Morgan fingerprint density at radius 1 is 0.632 bits per heavy atom. The molecule has 112 valence electrons. The summed E-state index contributed by atoms with van der Waals surface area (Å²) in [6, 6.07) is 0. The molecule has 0 N–H and O–H groups in total. The maximum Gasteiger partial charge on any atom is 0 e. The van der Waals surface area contributed by atoms with Crippen LogP contribution in [0.2, 0.25) is 0 Å². The van der Waals surface area contributed by atoms with Crippen LogP contribution in [0.1, 0.15) is 74.5 Å². The van der Waals surface area contributed by atoms with E-state index in [1.807, 2.05) is 0 Å². The molecule has 0 aromatic heterocycles. The van der Waals surface area contributed by atoms with Crippen LogP contribution in [-0.4, -0.2) is 0 Å². The highest BCUT2D eigenvalue weighted by Crippen LogP contribution is 2.40. The van der Waals surface area contributed by atoms with Crippen LogP contribution in [0, 0.1) is 23.7 Å². The lowest BCUT2D eigenvalue weighted by Crippen LogP contribution is -2.21. The molecule has 2 fully saturated rings. The zero-order valence-corrected chi connectivity index (χ0v) is 13.0. The van der Waals surface area contributed by atoms with Gasteiger partial charge in [-0.05, 0) is 82.5 Å². The summed E-state index contributed by atoms with van der Waals surface area (Å²) in [5.74, 6) is 3.87. The van der Waals surface area contributed by atoms with Crippen LogP contribution in [0.4, 0.5) is 0 Å². The van der Waals surface area contributed by atoms with Crippen LogP contribution in [0.5, 0.6) is 0 Å². The molecule has 0 bridgehead atoms. The van der Waals surface area contributed by atoms with Gasteiger partial charge in [-0.15, -0.1) is 0 Å². The molecule has 0 amide bonds. The maximum absolute atomic E-state index is 2.45. The normalized spacial score (nSPS) is 37.8. The number of hydrogen-bond acceptors (Lipinski definition) is 0. The number of allylic oxidation sites excluding steroid dienone is 4. The second-order valence-corrected chi connectivity index (χ2v) is 6.75. The van der Waals surface area contributed by atoms with E-state index in [9.17, 15) is 0 Å². The Labute approximate surface area is 123 Å². The van der Waals surface area contributed by atoms with Gasteiger partial charge in [-0.2, -0.15) is 0 Å². The highest BCUT2D eigenvalue weighted by molar-refractivity contribution is 4.92. The fourth-order valence-electron chi connectivity index (χ4n) is 4.38. The molecule has 0 saturated heterocycles. The Morgan fingerprint density at radius 3 is 1.63 bits per heavy atom. The molecule has 19 heavy (non-hydrogen) atoms. The Bertz CT molecular complexity index is 301. The molecule has 2 saturated carbocycles. The molecule has 0 aromatic carbocycles. The molecule has 0 aromatic rings. The summed E-state index contributed by atoms with van der Waals surface area (Å²) < 4.78 is 0. The van der Waals surface area contributed by atoms with E-state index in [2.05, 4.69) is 38.2 Å². The largest absolute Gasteiger partial charge is 0.0914 e. The fraction of sp³-hybridized carbons (Fsp3) is 0.789. The van der Waals surface area contributed by atoms with Gasteiger partial charge in [0.05, 0.1) is 0 Å². The van der Waals surface area contributed by atoms with Crippen molar-refractivity contribution in [1.82, 2.24) is 0 Å². The van der Waals surface area contributed by atoms with Crippen LogP contribution >= 0.6 is 0 Å². The molecule has 2 unspecified atom stereocenters. The minimum Gasteiger partial charge on any atom is -0.0914 e. The summed E-state index contributed by atoms with van der Waals surface area (Å²) in [4.78, 5) is 0. The van der Waals surface area contributed by atoms with E-state index in [1.165, 1.54) is 57.8 Å². The average molecular weight is 264 g/mol. The standard InChI is InChI=1S/C19H32.2H2/c1-3-6-16-8-5-9-18(13-10-16)19-14-11-17(7-4-2)12-15-19;;/h3-4,6-7,16-19H,5,8-15H2,1-2H3;2*1H/b6-3+,7-4+;;. The van der Waals surface area contributed by atoms with E-state index in [4.69, 9.17) is 0 Å². The SMILES string of the molecule is C/C=C/C1CCCC(C2CCC(/C=C/C)CC2)CC1.[HH].[HH]. The van der Waals surface area contributed by atoms with Gasteiger partial charge in [0.25, 0.3) is 0 Å². The summed E-state index contributed by atoms with van der Waals surface area (Å²) in [5, 5.41) is 0. The molecule has 2 aliphatic carbocycles. The van der Waals surface area contributed by atoms with E-state index in [0.717, 1.165) is 23.7 Å². The third-order valence-electron chi connectivity index (χ3n) is 5.47. The third-order valence-corrected chi connectivity index (χ3v) is 5.47. The predicted molar refractivity (Wildman–Crippen MR) is 89.4 cm³/mol. The fourth-order valence-corrected chi connectivity index (χ4v) is 4.38. The molecule has 0 heterocycles. The first-order valence-corrected chi connectivity index (χ1v) is 8.59. The monoisotopic (exact) mass is 264 g/mol. The molecule has 0 radical (unpaired) electrons. The van der Waals surface area contributed by atoms with E-state index < -0.39 is 0 Å². The van der Waals surface area contributed by atoms with E-state index in [0.29, 0.717) is 0 Å². The summed E-state index contributed by atoms with van der Waals surface area (Å²) in [5.41, 5.74) is 0. The summed E-state index contributed by atoms with van der Waals surface area (Å²) >= 11 is 0. The average Bonchev–Trinajstić information content (AvgIpc) is 2.66. The molecule has 0 aliphatic heterocycles. The number of rotatable bonds is 3. The van der Waals surface area contributed by atoms with Crippen LogP contribution in [0.3, 0.4) is 0 Å². The Morgan fingerprint density at radius 2 is 1.11 bits per heavy atom. The summed E-state index contributed by atoms with van der Waals surface area (Å²) in [6.45, 7) is 4.34. The van der Waals surface area contributed by atoms with Crippen molar-refractivity contribution in [1.29, 1.82) is 0 Å². The van der Waals surface area contributed by atoms with Gasteiger partial charge in [-0.25, -0.2) is 0 Å². The first-order valence-electron chi connectivity index (χ1n) is 8.59. The smallest absolute Gasteiger partial charge is 0 e. The Balaban J connectivity index is 0.00000200. The number of hydrogen-bond donors (Lipinski definition) is 0. The van der Waals surface area contributed by atoms with E-state index in [1.54, 1.807) is 0 Å². The lowest BCUT2D eigenvalue weighted by molar-refractivity contribution is 0.205. The first-order chi connectivity index (χ1) is 9.33. The highest BCUT2D eigenvalue weighted by atomic mass is 14.3. The lowest BCUT2D eigenvalue weighted by atomic mass is 9.73. The van der Waals surface area contributed by atoms with E-state index >= 15 is 0 Å². The molecule has 0 nitrogen and oxygen atoms in total. The van der Waals surface area contributed by atoms with Gasteiger partial charge in [0.2, 0.25) is 0 Å². The minimum atomic E-state index is 0. The van der Waals surface area contributed by atoms with Gasteiger partial charge in [-0.3, -0.25) is 0 Å². The van der Waals surface area contributed by atoms with Gasteiger partial charge in [0.1, 0.15) is 0 Å². The van der Waals surface area contributed by atoms with Crippen molar-refractivity contribution >= 4 is 0 Å². The second kappa shape index (κ2) is 7.92. The second-order valence-electron chi connectivity index (χ2n) is 6.75. The molecule has 2 atom stereocenters. The van der Waals surface area contributed by atoms with Crippen LogP contribution in [0.15, 0.2) is 24.3 Å². The van der Waals surface area contributed by atoms with E-state index in [-0.39, 0.29) is 2.85 Å². The molecule has 2 aliphatic rings. The summed E-state index contributed by atoms with van der Waals surface area (Å²) in [6.07, 6.45) is 22.6. The van der Waals surface area contributed by atoms with Gasteiger partial charge in [-0.1, -0.05) is 37.1 Å². The quantitative estimate of drug-likeness (QED) is 0.396. The highest BCUT2D eigenvalue weighted by Gasteiger charge is 2.28. The molecule has 0 spiro atoms. The molecule has 2 rings (SSSR count). The van der Waals surface area contributed by atoms with Crippen molar-refractivity contribution in [2.24, 2.45) is 23.7 Å². The Kier molecular flexibility index (Phi) is 6.20. The van der Waals surface area contributed by atoms with Crippen molar-refractivity contribution in [2.75, 3.05) is 0 Å². The van der Waals surface area contributed by atoms with Crippen LogP contribution in [0.25, 0.3) is 0 Å². The predicted octanol–water partition coefficient (Wildman–Crippen LogP) is 6.63. The van der Waals surface area contributed by atoms with Crippen molar-refractivity contribution in [3.05, 3.63) is 24.3 Å². The third kappa shape index (κ3) is 4.51.